The SMILES string of the molecule is CN=C(NCc1ccc(C)cc1)NCC1(c2ccc(F)cc2)CCOCC1.I. The molecule has 2 N–H and O–H groups in total. The third-order valence-electron chi connectivity index (χ3n) is 5.30. The molecule has 0 bridgehead atoms. The highest BCUT2D eigenvalue weighted by molar-refractivity contribution is 14.0. The number of hydrogen-bond acceptors (Lipinski definition) is 2. The van der Waals surface area contributed by atoms with Gasteiger partial charge in [-0.2, -0.15) is 0 Å². The van der Waals surface area contributed by atoms with E-state index in [1.54, 1.807) is 7.05 Å². The van der Waals surface area contributed by atoms with Crippen LogP contribution in [0, 0.1) is 12.7 Å². The van der Waals surface area contributed by atoms with E-state index >= 15 is 0 Å². The molecule has 1 fully saturated rings. The van der Waals surface area contributed by atoms with Crippen molar-refractivity contribution >= 4 is 29.9 Å². The first-order chi connectivity index (χ1) is 13.1. The molecule has 3 rings (SSSR count). The molecule has 0 unspecified atom stereocenters. The molecule has 2 aromatic rings. The van der Waals surface area contributed by atoms with E-state index in [1.165, 1.54) is 23.3 Å². The topological polar surface area (TPSA) is 45.7 Å². The molecular weight excluding hydrogens is 468 g/mol. The Bertz CT molecular complexity index is 756. The van der Waals surface area contributed by atoms with Gasteiger partial charge in [0.15, 0.2) is 5.96 Å². The molecule has 1 saturated heterocycles. The van der Waals surface area contributed by atoms with Crippen molar-refractivity contribution < 1.29 is 9.13 Å². The lowest BCUT2D eigenvalue weighted by molar-refractivity contribution is 0.0513. The number of hydrogen-bond donors (Lipinski definition) is 2. The molecular formula is C22H29FIN3O. The van der Waals surface area contributed by atoms with E-state index in [0.29, 0.717) is 19.8 Å². The molecule has 0 radical (unpaired) electrons. The second kappa shape index (κ2) is 10.8. The van der Waals surface area contributed by atoms with E-state index in [0.717, 1.165) is 30.9 Å². The molecule has 6 heteroatoms. The van der Waals surface area contributed by atoms with Gasteiger partial charge in [-0.05, 0) is 43.0 Å². The lowest BCUT2D eigenvalue weighted by Gasteiger charge is -2.38. The number of halogens is 2. The first-order valence-corrected chi connectivity index (χ1v) is 9.45. The summed E-state index contributed by atoms with van der Waals surface area (Å²) in [6, 6.07) is 15.3. The fourth-order valence-electron chi connectivity index (χ4n) is 3.50. The second-order valence-electron chi connectivity index (χ2n) is 7.16. The maximum absolute atomic E-state index is 13.4. The molecule has 0 atom stereocenters. The summed E-state index contributed by atoms with van der Waals surface area (Å²) < 4.78 is 18.9. The zero-order valence-corrected chi connectivity index (χ0v) is 18.8. The Morgan fingerprint density at radius 2 is 1.68 bits per heavy atom. The minimum absolute atomic E-state index is 0. The Hall–Kier alpha value is -1.67. The summed E-state index contributed by atoms with van der Waals surface area (Å²) in [6.45, 7) is 4.96. The molecule has 152 valence electrons. The highest BCUT2D eigenvalue weighted by atomic mass is 127. The van der Waals surface area contributed by atoms with Crippen LogP contribution in [0.5, 0.6) is 0 Å². The van der Waals surface area contributed by atoms with Gasteiger partial charge in [0, 0.05) is 38.8 Å². The van der Waals surface area contributed by atoms with Crippen LogP contribution in [0.25, 0.3) is 0 Å². The Balaban J connectivity index is 0.00000280. The van der Waals surface area contributed by atoms with Gasteiger partial charge in [0.1, 0.15) is 5.82 Å². The van der Waals surface area contributed by atoms with Crippen molar-refractivity contribution in [3.05, 3.63) is 71.0 Å². The molecule has 0 spiro atoms. The number of aliphatic imine (C=N–C) groups is 1. The first-order valence-electron chi connectivity index (χ1n) is 9.45. The van der Waals surface area contributed by atoms with Crippen molar-refractivity contribution in [2.75, 3.05) is 26.8 Å². The molecule has 0 aromatic heterocycles. The van der Waals surface area contributed by atoms with E-state index in [2.05, 4.69) is 46.8 Å². The van der Waals surface area contributed by atoms with Crippen LogP contribution >= 0.6 is 24.0 Å². The molecule has 0 amide bonds. The van der Waals surface area contributed by atoms with Crippen molar-refractivity contribution in [1.29, 1.82) is 0 Å². The van der Waals surface area contributed by atoms with Gasteiger partial charge in [0.25, 0.3) is 0 Å². The largest absolute Gasteiger partial charge is 0.381 e. The van der Waals surface area contributed by atoms with Gasteiger partial charge < -0.3 is 15.4 Å². The Morgan fingerprint density at radius 3 is 2.29 bits per heavy atom. The van der Waals surface area contributed by atoms with Gasteiger partial charge in [-0.15, -0.1) is 24.0 Å². The van der Waals surface area contributed by atoms with Gasteiger partial charge in [0.2, 0.25) is 0 Å². The number of aryl methyl sites for hydroxylation is 1. The molecule has 1 heterocycles. The maximum atomic E-state index is 13.4. The number of nitrogens with zero attached hydrogens (tertiary/aromatic N) is 1. The summed E-state index contributed by atoms with van der Waals surface area (Å²) in [5.41, 5.74) is 3.53. The van der Waals surface area contributed by atoms with E-state index in [-0.39, 0.29) is 35.2 Å². The van der Waals surface area contributed by atoms with Crippen LogP contribution in [-0.4, -0.2) is 32.8 Å². The second-order valence-corrected chi connectivity index (χ2v) is 7.16. The summed E-state index contributed by atoms with van der Waals surface area (Å²) in [6.07, 6.45) is 1.81. The number of nitrogens with one attached hydrogen (secondary N) is 2. The Kier molecular flexibility index (Phi) is 8.69. The monoisotopic (exact) mass is 497 g/mol. The van der Waals surface area contributed by atoms with Crippen LogP contribution in [0.1, 0.15) is 29.5 Å². The minimum Gasteiger partial charge on any atom is -0.381 e. The van der Waals surface area contributed by atoms with Crippen LogP contribution in [0.15, 0.2) is 53.5 Å². The quantitative estimate of drug-likeness (QED) is 0.371. The van der Waals surface area contributed by atoms with Crippen LogP contribution in [0.2, 0.25) is 0 Å². The summed E-state index contributed by atoms with van der Waals surface area (Å²) >= 11 is 0. The minimum atomic E-state index is -0.204. The van der Waals surface area contributed by atoms with Gasteiger partial charge >= 0.3 is 0 Å². The number of ether oxygens (including phenoxy) is 1. The lowest BCUT2D eigenvalue weighted by atomic mass is 9.74. The summed E-state index contributed by atoms with van der Waals surface area (Å²) in [5.74, 6) is 0.563. The summed E-state index contributed by atoms with van der Waals surface area (Å²) in [7, 11) is 1.78. The van der Waals surface area contributed by atoms with Crippen LogP contribution in [-0.2, 0) is 16.7 Å². The van der Waals surface area contributed by atoms with Gasteiger partial charge in [-0.3, -0.25) is 4.99 Å². The zero-order chi connectivity index (χ0) is 19.1. The number of benzene rings is 2. The van der Waals surface area contributed by atoms with Gasteiger partial charge in [-0.25, -0.2) is 4.39 Å². The maximum Gasteiger partial charge on any atom is 0.191 e. The van der Waals surface area contributed by atoms with E-state index in [9.17, 15) is 4.39 Å². The van der Waals surface area contributed by atoms with Crippen molar-refractivity contribution in [1.82, 2.24) is 10.6 Å². The molecule has 1 aliphatic heterocycles. The molecule has 2 aromatic carbocycles. The van der Waals surface area contributed by atoms with Gasteiger partial charge in [0.05, 0.1) is 0 Å². The van der Waals surface area contributed by atoms with Gasteiger partial charge in [-0.1, -0.05) is 42.0 Å². The average molecular weight is 497 g/mol. The van der Waals surface area contributed by atoms with Crippen molar-refractivity contribution in [2.24, 2.45) is 4.99 Å². The standard InChI is InChI=1S/C22H28FN3O.HI/c1-17-3-5-18(6-4-17)15-25-21(24-2)26-16-22(11-13-27-14-12-22)19-7-9-20(23)10-8-19;/h3-10H,11-16H2,1-2H3,(H2,24,25,26);1H. The fraction of sp³-hybridized carbons (Fsp3) is 0.409. The smallest absolute Gasteiger partial charge is 0.191 e. The predicted octanol–water partition coefficient (Wildman–Crippen LogP) is 4.17. The molecule has 0 saturated carbocycles. The van der Waals surface area contributed by atoms with E-state index in [1.807, 2.05) is 12.1 Å². The van der Waals surface area contributed by atoms with Crippen molar-refractivity contribution in [2.45, 2.75) is 31.7 Å². The lowest BCUT2D eigenvalue weighted by Crippen LogP contribution is -2.47. The number of guanidine groups is 1. The highest BCUT2D eigenvalue weighted by Crippen LogP contribution is 2.34. The van der Waals surface area contributed by atoms with Crippen LogP contribution < -0.4 is 10.6 Å². The third kappa shape index (κ3) is 5.91. The Labute approximate surface area is 184 Å². The van der Waals surface area contributed by atoms with Crippen molar-refractivity contribution in [3.8, 4) is 0 Å². The normalized spacial score (nSPS) is 16.2. The van der Waals surface area contributed by atoms with E-state index < -0.39 is 0 Å². The Morgan fingerprint density at radius 1 is 1.04 bits per heavy atom. The summed E-state index contributed by atoms with van der Waals surface area (Å²) in [5, 5.41) is 6.83. The molecule has 0 aliphatic carbocycles. The molecule has 28 heavy (non-hydrogen) atoms. The van der Waals surface area contributed by atoms with E-state index in [4.69, 9.17) is 4.74 Å². The highest BCUT2D eigenvalue weighted by Gasteiger charge is 2.34. The third-order valence-corrected chi connectivity index (χ3v) is 5.30. The molecule has 4 nitrogen and oxygen atoms in total. The van der Waals surface area contributed by atoms with Crippen LogP contribution in [0.3, 0.4) is 0 Å². The van der Waals surface area contributed by atoms with Crippen LogP contribution in [0.4, 0.5) is 4.39 Å². The first kappa shape index (κ1) is 22.6. The predicted molar refractivity (Wildman–Crippen MR) is 123 cm³/mol. The average Bonchev–Trinajstić information content (AvgIpc) is 2.70. The van der Waals surface area contributed by atoms with Crippen molar-refractivity contribution in [3.63, 3.8) is 0 Å². The fourth-order valence-corrected chi connectivity index (χ4v) is 3.50. The molecule has 1 aliphatic rings. The summed E-state index contributed by atoms with van der Waals surface area (Å²) in [4.78, 5) is 4.35. The zero-order valence-electron chi connectivity index (χ0n) is 16.5. The number of rotatable bonds is 5.